The molecule has 7 nitrogen and oxygen atoms in total. The number of halogens is 2. The van der Waals surface area contributed by atoms with Gasteiger partial charge in [-0.2, -0.15) is 8.78 Å². The fourth-order valence-corrected chi connectivity index (χ4v) is 2.58. The number of benzene rings is 2. The maximum atomic E-state index is 12.3. The summed E-state index contributed by atoms with van der Waals surface area (Å²) in [7, 11) is 1.69. The first-order valence-electron chi connectivity index (χ1n) is 7.68. The maximum Gasteiger partial charge on any atom is 0.387 e. The van der Waals surface area contributed by atoms with E-state index < -0.39 is 6.61 Å². The highest BCUT2D eigenvalue weighted by Crippen LogP contribution is 2.26. The van der Waals surface area contributed by atoms with Gasteiger partial charge in [0.15, 0.2) is 0 Å². The average molecular weight is 357 g/mol. The van der Waals surface area contributed by atoms with Gasteiger partial charge in [-0.05, 0) is 42.5 Å². The summed E-state index contributed by atoms with van der Waals surface area (Å²) < 4.78 is 36.2. The number of hydrogen-bond acceptors (Lipinski definition) is 6. The van der Waals surface area contributed by atoms with Crippen LogP contribution < -0.4 is 10.1 Å². The van der Waals surface area contributed by atoms with Crippen LogP contribution in [0.15, 0.2) is 53.2 Å². The van der Waals surface area contributed by atoms with Crippen LogP contribution in [0.3, 0.4) is 0 Å². The fourth-order valence-electron chi connectivity index (χ4n) is 2.58. The van der Waals surface area contributed by atoms with E-state index >= 15 is 0 Å². The molecule has 0 spiro atoms. The SMILES string of the molecule is CNc1nnc(-c2ccc3ncn(-c4ccc(OC(F)F)cc4)c3c2)o1. The highest BCUT2D eigenvalue weighted by Gasteiger charge is 2.12. The molecule has 0 atom stereocenters. The Morgan fingerprint density at radius 1 is 1.12 bits per heavy atom. The van der Waals surface area contributed by atoms with Crippen LogP contribution in [0.4, 0.5) is 14.8 Å². The molecule has 2 aromatic heterocycles. The minimum absolute atomic E-state index is 0.0966. The molecule has 9 heteroatoms. The first-order valence-corrected chi connectivity index (χ1v) is 7.68. The number of aromatic nitrogens is 4. The van der Waals surface area contributed by atoms with E-state index in [0.29, 0.717) is 11.9 Å². The fraction of sp³-hybridized carbons (Fsp3) is 0.118. The van der Waals surface area contributed by atoms with Gasteiger partial charge in [0.05, 0.1) is 11.0 Å². The van der Waals surface area contributed by atoms with Crippen molar-refractivity contribution in [3.63, 3.8) is 0 Å². The van der Waals surface area contributed by atoms with Crippen LogP contribution in [0.2, 0.25) is 0 Å². The molecule has 26 heavy (non-hydrogen) atoms. The molecule has 0 aliphatic carbocycles. The lowest BCUT2D eigenvalue weighted by molar-refractivity contribution is -0.0498. The Labute approximate surface area is 146 Å². The predicted octanol–water partition coefficient (Wildman–Crippen LogP) is 3.72. The minimum atomic E-state index is -2.85. The lowest BCUT2D eigenvalue weighted by atomic mass is 10.2. The van der Waals surface area contributed by atoms with E-state index in [2.05, 4.69) is 25.2 Å². The number of alkyl halides is 2. The summed E-state index contributed by atoms with van der Waals surface area (Å²) in [4.78, 5) is 4.35. The zero-order valence-corrected chi connectivity index (χ0v) is 13.6. The highest BCUT2D eigenvalue weighted by molar-refractivity contribution is 5.82. The van der Waals surface area contributed by atoms with E-state index in [9.17, 15) is 8.78 Å². The van der Waals surface area contributed by atoms with Crippen molar-refractivity contribution in [2.45, 2.75) is 6.61 Å². The molecule has 0 unspecified atom stereocenters. The van der Waals surface area contributed by atoms with Crippen molar-refractivity contribution in [3.8, 4) is 22.9 Å². The molecule has 0 bridgehead atoms. The third kappa shape index (κ3) is 2.94. The Bertz CT molecular complexity index is 1040. The lowest BCUT2D eigenvalue weighted by Crippen LogP contribution is -2.02. The molecule has 4 aromatic rings. The molecule has 0 radical (unpaired) electrons. The second kappa shape index (κ2) is 6.43. The molecule has 2 aromatic carbocycles. The number of nitrogens with zero attached hydrogens (tertiary/aromatic N) is 4. The summed E-state index contributed by atoms with van der Waals surface area (Å²) >= 11 is 0. The van der Waals surface area contributed by atoms with Crippen molar-refractivity contribution >= 4 is 17.0 Å². The number of fused-ring (bicyclic) bond motifs is 1. The quantitative estimate of drug-likeness (QED) is 0.587. The second-order valence-electron chi connectivity index (χ2n) is 5.35. The summed E-state index contributed by atoms with van der Waals surface area (Å²) in [5, 5.41) is 10.6. The molecular weight excluding hydrogens is 344 g/mol. The second-order valence-corrected chi connectivity index (χ2v) is 5.35. The average Bonchev–Trinajstić information content (AvgIpc) is 3.28. The molecule has 0 amide bonds. The highest BCUT2D eigenvalue weighted by atomic mass is 19.3. The normalized spacial score (nSPS) is 11.2. The Hall–Kier alpha value is -3.49. The monoisotopic (exact) mass is 357 g/mol. The van der Waals surface area contributed by atoms with E-state index in [1.807, 2.05) is 22.8 Å². The van der Waals surface area contributed by atoms with Gasteiger partial charge >= 0.3 is 12.6 Å². The van der Waals surface area contributed by atoms with Crippen molar-refractivity contribution in [2.75, 3.05) is 12.4 Å². The van der Waals surface area contributed by atoms with Crippen molar-refractivity contribution in [2.24, 2.45) is 0 Å². The molecular formula is C17H13F2N5O2. The number of anilines is 1. The standard InChI is InChI=1S/C17H13F2N5O2/c1-20-17-23-22-15(26-17)10-2-7-13-14(8-10)24(9-21-13)11-3-5-12(6-4-11)25-16(18)19/h2-9,16H,1H3,(H,20,23). The van der Waals surface area contributed by atoms with Crippen molar-refractivity contribution in [1.29, 1.82) is 0 Å². The van der Waals surface area contributed by atoms with Crippen LogP contribution in [0.25, 0.3) is 28.2 Å². The predicted molar refractivity (Wildman–Crippen MR) is 90.5 cm³/mol. The van der Waals surface area contributed by atoms with Gasteiger partial charge in [-0.1, -0.05) is 5.10 Å². The van der Waals surface area contributed by atoms with Gasteiger partial charge in [0.25, 0.3) is 0 Å². The summed E-state index contributed by atoms with van der Waals surface area (Å²) in [5.74, 6) is 0.476. The zero-order valence-electron chi connectivity index (χ0n) is 13.6. The van der Waals surface area contributed by atoms with Crippen LogP contribution in [0, 0.1) is 0 Å². The van der Waals surface area contributed by atoms with Gasteiger partial charge in [-0.3, -0.25) is 4.57 Å². The van der Waals surface area contributed by atoms with Crippen LogP contribution >= 0.6 is 0 Å². The topological polar surface area (TPSA) is 78.0 Å². The first kappa shape index (κ1) is 16.0. The van der Waals surface area contributed by atoms with E-state index in [0.717, 1.165) is 22.3 Å². The molecule has 0 aliphatic rings. The van der Waals surface area contributed by atoms with Crippen molar-refractivity contribution < 1.29 is 17.9 Å². The Morgan fingerprint density at radius 2 is 1.92 bits per heavy atom. The zero-order chi connectivity index (χ0) is 18.1. The van der Waals surface area contributed by atoms with Gasteiger partial charge in [0.1, 0.15) is 12.1 Å². The van der Waals surface area contributed by atoms with E-state index in [4.69, 9.17) is 4.42 Å². The van der Waals surface area contributed by atoms with Crippen LogP contribution in [-0.2, 0) is 0 Å². The molecule has 0 fully saturated rings. The number of ether oxygens (including phenoxy) is 1. The van der Waals surface area contributed by atoms with Gasteiger partial charge < -0.3 is 14.5 Å². The van der Waals surface area contributed by atoms with E-state index in [1.165, 1.54) is 12.1 Å². The third-order valence-electron chi connectivity index (χ3n) is 3.77. The van der Waals surface area contributed by atoms with E-state index in [1.54, 1.807) is 25.5 Å². The van der Waals surface area contributed by atoms with Crippen LogP contribution in [-0.4, -0.2) is 33.4 Å². The Kier molecular flexibility index (Phi) is 3.96. The minimum Gasteiger partial charge on any atom is -0.435 e. The molecule has 0 aliphatic heterocycles. The van der Waals surface area contributed by atoms with Gasteiger partial charge in [0, 0.05) is 18.3 Å². The molecule has 1 N–H and O–H groups in total. The third-order valence-corrected chi connectivity index (χ3v) is 3.77. The largest absolute Gasteiger partial charge is 0.435 e. The van der Waals surface area contributed by atoms with Crippen molar-refractivity contribution in [1.82, 2.24) is 19.7 Å². The number of nitrogens with one attached hydrogen (secondary N) is 1. The van der Waals surface area contributed by atoms with E-state index in [-0.39, 0.29) is 5.75 Å². The number of imidazole rings is 1. The Balaban J connectivity index is 1.72. The lowest BCUT2D eigenvalue weighted by Gasteiger charge is -2.07. The smallest absolute Gasteiger partial charge is 0.387 e. The summed E-state index contributed by atoms with van der Waals surface area (Å²) in [6, 6.07) is 12.2. The maximum absolute atomic E-state index is 12.3. The molecule has 4 rings (SSSR count). The van der Waals surface area contributed by atoms with Gasteiger partial charge in [-0.25, -0.2) is 4.98 Å². The first-order chi connectivity index (χ1) is 12.6. The number of rotatable bonds is 5. The van der Waals surface area contributed by atoms with Gasteiger partial charge in [0.2, 0.25) is 5.89 Å². The summed E-state index contributed by atoms with van der Waals surface area (Å²) in [5.41, 5.74) is 3.09. The summed E-state index contributed by atoms with van der Waals surface area (Å²) in [6.45, 7) is -2.85. The summed E-state index contributed by atoms with van der Waals surface area (Å²) in [6.07, 6.45) is 1.66. The number of hydrogen-bond donors (Lipinski definition) is 1. The van der Waals surface area contributed by atoms with Crippen LogP contribution in [0.1, 0.15) is 0 Å². The van der Waals surface area contributed by atoms with Crippen molar-refractivity contribution in [3.05, 3.63) is 48.8 Å². The molecule has 0 saturated heterocycles. The Morgan fingerprint density at radius 3 is 2.62 bits per heavy atom. The molecule has 132 valence electrons. The molecule has 2 heterocycles. The molecule has 0 saturated carbocycles. The van der Waals surface area contributed by atoms with Crippen LogP contribution in [0.5, 0.6) is 5.75 Å². The van der Waals surface area contributed by atoms with Gasteiger partial charge in [-0.15, -0.1) is 5.10 Å².